The maximum atomic E-state index is 12.4. The summed E-state index contributed by atoms with van der Waals surface area (Å²) in [7, 11) is 0. The van der Waals surface area contributed by atoms with Crippen molar-refractivity contribution >= 4 is 0 Å². The molecule has 0 spiro atoms. The van der Waals surface area contributed by atoms with Crippen LogP contribution in [0.25, 0.3) is 0 Å². The van der Waals surface area contributed by atoms with Gasteiger partial charge >= 0.3 is 6.18 Å². The molecule has 0 aromatic heterocycles. The summed E-state index contributed by atoms with van der Waals surface area (Å²) in [5.74, 6) is 0. The van der Waals surface area contributed by atoms with Crippen molar-refractivity contribution < 1.29 is 17.9 Å². The van der Waals surface area contributed by atoms with Crippen molar-refractivity contribution in [3.05, 3.63) is 35.4 Å². The van der Waals surface area contributed by atoms with E-state index in [9.17, 15) is 13.2 Å². The van der Waals surface area contributed by atoms with E-state index >= 15 is 0 Å². The van der Waals surface area contributed by atoms with Crippen molar-refractivity contribution in [2.45, 2.75) is 24.6 Å². The first-order valence-electron chi connectivity index (χ1n) is 5.42. The molecule has 2 nitrogen and oxygen atoms in total. The lowest BCUT2D eigenvalue weighted by atomic mass is 9.91. The lowest BCUT2D eigenvalue weighted by molar-refractivity contribution is -0.137. The summed E-state index contributed by atoms with van der Waals surface area (Å²) < 4.78 is 42.3. The van der Waals surface area contributed by atoms with E-state index < -0.39 is 17.3 Å². The van der Waals surface area contributed by atoms with Gasteiger partial charge in [-0.2, -0.15) is 13.2 Å². The molecule has 1 aromatic carbocycles. The van der Waals surface area contributed by atoms with Crippen LogP contribution in [0, 0.1) is 0 Å². The van der Waals surface area contributed by atoms with E-state index in [1.165, 1.54) is 12.1 Å². The monoisotopic (exact) mass is 245 g/mol. The minimum Gasteiger partial charge on any atom is -0.379 e. The molecule has 1 unspecified atom stereocenters. The summed E-state index contributed by atoms with van der Waals surface area (Å²) in [5, 5.41) is 0. The van der Waals surface area contributed by atoms with Gasteiger partial charge in [-0.15, -0.1) is 0 Å². The highest BCUT2D eigenvalue weighted by atomic mass is 19.4. The fourth-order valence-corrected chi connectivity index (χ4v) is 1.98. The third-order valence-electron chi connectivity index (χ3n) is 2.97. The largest absolute Gasteiger partial charge is 0.416 e. The van der Waals surface area contributed by atoms with E-state index in [4.69, 9.17) is 10.5 Å². The second-order valence-corrected chi connectivity index (χ2v) is 4.54. The molecule has 1 saturated heterocycles. The Morgan fingerprint density at radius 2 is 1.88 bits per heavy atom. The van der Waals surface area contributed by atoms with Crippen molar-refractivity contribution in [3.63, 3.8) is 0 Å². The predicted octanol–water partition coefficient (Wildman–Crippen LogP) is 2.37. The van der Waals surface area contributed by atoms with E-state index in [-0.39, 0.29) is 0 Å². The first-order valence-corrected chi connectivity index (χ1v) is 5.42. The van der Waals surface area contributed by atoms with Gasteiger partial charge in [0.15, 0.2) is 0 Å². The summed E-state index contributed by atoms with van der Waals surface area (Å²) in [6.07, 6.45) is -2.99. The molecule has 1 heterocycles. The molecule has 1 atom stereocenters. The smallest absolute Gasteiger partial charge is 0.379 e. The van der Waals surface area contributed by atoms with Crippen LogP contribution in [0.3, 0.4) is 0 Å². The summed E-state index contributed by atoms with van der Waals surface area (Å²) in [6, 6.07) is 5.15. The second-order valence-electron chi connectivity index (χ2n) is 4.54. The normalized spacial score (nSPS) is 25.2. The van der Waals surface area contributed by atoms with Crippen molar-refractivity contribution in [1.29, 1.82) is 0 Å². The molecular formula is C12H14F3NO. The maximum absolute atomic E-state index is 12.4. The van der Waals surface area contributed by atoms with Gasteiger partial charge < -0.3 is 10.5 Å². The molecule has 2 rings (SSSR count). The zero-order valence-corrected chi connectivity index (χ0v) is 9.26. The Balaban J connectivity index is 2.08. The highest BCUT2D eigenvalue weighted by Crippen LogP contribution is 2.30. The summed E-state index contributed by atoms with van der Waals surface area (Å²) in [4.78, 5) is 0. The molecule has 1 fully saturated rings. The number of hydrogen-bond donors (Lipinski definition) is 1. The van der Waals surface area contributed by atoms with Crippen molar-refractivity contribution in [2.24, 2.45) is 5.73 Å². The number of hydrogen-bond acceptors (Lipinski definition) is 2. The van der Waals surface area contributed by atoms with E-state index in [1.807, 2.05) is 0 Å². The number of rotatable bonds is 2. The molecule has 17 heavy (non-hydrogen) atoms. The van der Waals surface area contributed by atoms with Gasteiger partial charge in [-0.05, 0) is 30.5 Å². The average molecular weight is 245 g/mol. The van der Waals surface area contributed by atoms with E-state index in [2.05, 4.69) is 0 Å². The standard InChI is InChI=1S/C12H14F3NO/c13-12(14,15)10-3-1-9(2-4-10)7-11(16)5-6-17-8-11/h1-4H,5-8,16H2. The Morgan fingerprint density at radius 3 is 2.35 bits per heavy atom. The Bertz CT molecular complexity index is 380. The van der Waals surface area contributed by atoms with Crippen molar-refractivity contribution in [3.8, 4) is 0 Å². The first-order chi connectivity index (χ1) is 7.89. The number of ether oxygens (including phenoxy) is 1. The average Bonchev–Trinajstić information content (AvgIpc) is 2.64. The van der Waals surface area contributed by atoms with Crippen LogP contribution in [0.5, 0.6) is 0 Å². The van der Waals surface area contributed by atoms with Gasteiger partial charge in [0.25, 0.3) is 0 Å². The molecule has 1 aliphatic heterocycles. The van der Waals surface area contributed by atoms with Gasteiger partial charge in [-0.1, -0.05) is 12.1 Å². The van der Waals surface area contributed by atoms with Gasteiger partial charge in [0.2, 0.25) is 0 Å². The fraction of sp³-hybridized carbons (Fsp3) is 0.500. The van der Waals surface area contributed by atoms with E-state index in [1.54, 1.807) is 0 Å². The van der Waals surface area contributed by atoms with Gasteiger partial charge in [0.05, 0.1) is 12.2 Å². The van der Waals surface area contributed by atoms with Crippen LogP contribution < -0.4 is 5.73 Å². The van der Waals surface area contributed by atoms with Crippen LogP contribution in [0.2, 0.25) is 0 Å². The minimum atomic E-state index is -4.28. The van der Waals surface area contributed by atoms with Crippen LogP contribution in [-0.2, 0) is 17.3 Å². The molecule has 0 aliphatic carbocycles. The minimum absolute atomic E-state index is 0.431. The molecule has 0 amide bonds. The maximum Gasteiger partial charge on any atom is 0.416 e. The highest BCUT2D eigenvalue weighted by molar-refractivity contribution is 5.26. The summed E-state index contributed by atoms with van der Waals surface area (Å²) >= 11 is 0. The molecule has 2 N–H and O–H groups in total. The lowest BCUT2D eigenvalue weighted by Gasteiger charge is -2.21. The molecule has 1 aromatic rings. The van der Waals surface area contributed by atoms with E-state index in [0.717, 1.165) is 24.1 Å². The molecule has 0 bridgehead atoms. The molecule has 0 saturated carbocycles. The molecule has 5 heteroatoms. The Labute approximate surface area is 97.6 Å². The number of nitrogens with two attached hydrogens (primary N) is 1. The van der Waals surface area contributed by atoms with Crippen LogP contribution >= 0.6 is 0 Å². The number of halogens is 3. The van der Waals surface area contributed by atoms with Crippen LogP contribution in [0.15, 0.2) is 24.3 Å². The second kappa shape index (κ2) is 4.31. The molecule has 0 radical (unpaired) electrons. The predicted molar refractivity (Wildman–Crippen MR) is 57.5 cm³/mol. The van der Waals surface area contributed by atoms with Crippen molar-refractivity contribution in [1.82, 2.24) is 0 Å². The molecular weight excluding hydrogens is 231 g/mol. The van der Waals surface area contributed by atoms with Gasteiger partial charge in [-0.3, -0.25) is 0 Å². The van der Waals surface area contributed by atoms with Crippen LogP contribution in [0.1, 0.15) is 17.5 Å². The Kier molecular flexibility index (Phi) is 3.14. The highest BCUT2D eigenvalue weighted by Gasteiger charge is 2.32. The third-order valence-corrected chi connectivity index (χ3v) is 2.97. The topological polar surface area (TPSA) is 35.2 Å². The van der Waals surface area contributed by atoms with Crippen molar-refractivity contribution in [2.75, 3.05) is 13.2 Å². The SMILES string of the molecule is NC1(Cc2ccc(C(F)(F)F)cc2)CCOC1. The zero-order chi connectivity index (χ0) is 12.5. The number of benzene rings is 1. The van der Waals surface area contributed by atoms with E-state index in [0.29, 0.717) is 19.6 Å². The molecule has 94 valence electrons. The summed E-state index contributed by atoms with van der Waals surface area (Å²) in [6.45, 7) is 1.09. The quantitative estimate of drug-likeness (QED) is 0.868. The van der Waals surface area contributed by atoms with Gasteiger partial charge in [0.1, 0.15) is 0 Å². The first kappa shape index (κ1) is 12.4. The fourth-order valence-electron chi connectivity index (χ4n) is 1.98. The summed E-state index contributed by atoms with van der Waals surface area (Å²) in [5.41, 5.74) is 5.82. The van der Waals surface area contributed by atoms with Crippen LogP contribution in [0.4, 0.5) is 13.2 Å². The number of alkyl halides is 3. The van der Waals surface area contributed by atoms with Gasteiger partial charge in [-0.25, -0.2) is 0 Å². The van der Waals surface area contributed by atoms with Crippen LogP contribution in [-0.4, -0.2) is 18.8 Å². The Hall–Kier alpha value is -1.07. The van der Waals surface area contributed by atoms with Gasteiger partial charge in [0, 0.05) is 12.1 Å². The Morgan fingerprint density at radius 1 is 1.24 bits per heavy atom. The third kappa shape index (κ3) is 2.98. The zero-order valence-electron chi connectivity index (χ0n) is 9.26. The lowest BCUT2D eigenvalue weighted by Crippen LogP contribution is -2.42. The molecule has 1 aliphatic rings.